The number of urea groups is 1. The molecule has 0 atom stereocenters. The highest BCUT2D eigenvalue weighted by Crippen LogP contribution is 2.32. The van der Waals surface area contributed by atoms with Gasteiger partial charge in [-0.2, -0.15) is 13.2 Å². The summed E-state index contributed by atoms with van der Waals surface area (Å²) in [6.07, 6.45) is -1.73. The highest BCUT2D eigenvalue weighted by Gasteiger charge is 2.32. The van der Waals surface area contributed by atoms with Crippen molar-refractivity contribution >= 4 is 17.7 Å². The summed E-state index contributed by atoms with van der Waals surface area (Å²) in [4.78, 5) is 27.8. The van der Waals surface area contributed by atoms with Crippen molar-refractivity contribution in [2.45, 2.75) is 32.0 Å². The molecule has 0 N–H and O–H groups in total. The highest BCUT2D eigenvalue weighted by molar-refractivity contribution is 5.92. The number of hydrogen-bond acceptors (Lipinski definition) is 3. The second-order valence-electron chi connectivity index (χ2n) is 7.15. The van der Waals surface area contributed by atoms with E-state index in [0.29, 0.717) is 24.2 Å². The molecule has 0 aliphatic carbocycles. The molecule has 0 bridgehead atoms. The molecule has 3 rings (SSSR count). The molecule has 0 spiro atoms. The van der Waals surface area contributed by atoms with Crippen LogP contribution in [0.1, 0.15) is 40.7 Å². The van der Waals surface area contributed by atoms with Gasteiger partial charge in [-0.15, -0.1) is 0 Å². The maximum atomic E-state index is 13.2. The van der Waals surface area contributed by atoms with Crippen LogP contribution in [0.2, 0.25) is 0 Å². The maximum Gasteiger partial charge on any atom is 0.416 e. The van der Waals surface area contributed by atoms with Gasteiger partial charge in [0, 0.05) is 18.8 Å². The predicted octanol–water partition coefficient (Wildman–Crippen LogP) is 5.10. The van der Waals surface area contributed by atoms with Gasteiger partial charge in [0.2, 0.25) is 0 Å². The highest BCUT2D eigenvalue weighted by atomic mass is 19.4. The number of esters is 1. The Bertz CT molecular complexity index is 891. The lowest BCUT2D eigenvalue weighted by molar-refractivity contribution is -0.137. The summed E-state index contributed by atoms with van der Waals surface area (Å²) in [6, 6.07) is 10.9. The Morgan fingerprint density at radius 3 is 2.30 bits per heavy atom. The van der Waals surface area contributed by atoms with E-state index in [1.807, 2.05) is 0 Å². The molecular formula is C22H23F3N2O3. The smallest absolute Gasteiger partial charge is 0.416 e. The van der Waals surface area contributed by atoms with Crippen LogP contribution in [0.15, 0.2) is 48.5 Å². The Balaban J connectivity index is 1.91. The Morgan fingerprint density at radius 2 is 1.70 bits per heavy atom. The number of hydrogen-bond donors (Lipinski definition) is 0. The average molecular weight is 420 g/mol. The van der Waals surface area contributed by atoms with Crippen molar-refractivity contribution in [2.24, 2.45) is 0 Å². The predicted molar refractivity (Wildman–Crippen MR) is 106 cm³/mol. The molecule has 160 valence electrons. The van der Waals surface area contributed by atoms with Crippen LogP contribution in [0.5, 0.6) is 0 Å². The number of carbonyl (C=O) groups excluding carboxylic acids is 2. The third-order valence-electron chi connectivity index (χ3n) is 5.06. The summed E-state index contributed by atoms with van der Waals surface area (Å²) >= 11 is 0. The summed E-state index contributed by atoms with van der Waals surface area (Å²) in [5.74, 6) is -0.485. The molecule has 1 fully saturated rings. The van der Waals surface area contributed by atoms with Crippen LogP contribution < -0.4 is 4.90 Å². The van der Waals surface area contributed by atoms with Gasteiger partial charge in [-0.3, -0.25) is 4.90 Å². The van der Waals surface area contributed by atoms with Crippen LogP contribution in [0.25, 0.3) is 0 Å². The minimum Gasteiger partial charge on any atom is -0.465 e. The normalized spacial score (nSPS) is 14.3. The molecule has 0 aromatic heterocycles. The minimum atomic E-state index is -4.50. The number of ether oxygens (including phenoxy) is 1. The van der Waals surface area contributed by atoms with Gasteiger partial charge in [0.15, 0.2) is 0 Å². The monoisotopic (exact) mass is 420 g/mol. The first-order chi connectivity index (χ1) is 14.3. The first-order valence-corrected chi connectivity index (χ1v) is 9.70. The fourth-order valence-corrected chi connectivity index (χ4v) is 3.42. The zero-order chi connectivity index (χ0) is 21.7. The second-order valence-corrected chi connectivity index (χ2v) is 7.15. The number of halogens is 3. The first-order valence-electron chi connectivity index (χ1n) is 9.70. The van der Waals surface area contributed by atoms with E-state index < -0.39 is 17.7 Å². The van der Waals surface area contributed by atoms with Crippen molar-refractivity contribution in [1.29, 1.82) is 0 Å². The minimum absolute atomic E-state index is 0.0814. The molecule has 1 aliphatic rings. The number of alkyl halides is 3. The molecule has 0 saturated carbocycles. The second kappa shape index (κ2) is 9.19. The fourth-order valence-electron chi connectivity index (χ4n) is 3.42. The molecule has 1 saturated heterocycles. The number of amides is 2. The number of nitrogens with zero attached hydrogens (tertiary/aromatic N) is 2. The summed E-state index contributed by atoms with van der Waals surface area (Å²) in [5, 5.41) is 0. The summed E-state index contributed by atoms with van der Waals surface area (Å²) < 4.78 is 44.3. The Kier molecular flexibility index (Phi) is 6.64. The van der Waals surface area contributed by atoms with Crippen molar-refractivity contribution in [2.75, 3.05) is 25.1 Å². The number of piperidine rings is 1. The van der Waals surface area contributed by atoms with Gasteiger partial charge in [0.25, 0.3) is 0 Å². The van der Waals surface area contributed by atoms with Crippen LogP contribution in [-0.4, -0.2) is 37.1 Å². The van der Waals surface area contributed by atoms with Crippen LogP contribution in [0, 0.1) is 0 Å². The third-order valence-corrected chi connectivity index (χ3v) is 5.06. The van der Waals surface area contributed by atoms with Crippen molar-refractivity contribution in [3.05, 3.63) is 65.2 Å². The SMILES string of the molecule is COC(=O)c1ccc(CN(C(=O)N2CCCCC2)c2cccc(C(F)(F)F)c2)cc1. The van der Waals surface area contributed by atoms with Crippen LogP contribution in [0.3, 0.4) is 0 Å². The lowest BCUT2D eigenvalue weighted by Crippen LogP contribution is -2.45. The van der Waals surface area contributed by atoms with Gasteiger partial charge in [0.05, 0.1) is 24.8 Å². The van der Waals surface area contributed by atoms with Crippen molar-refractivity contribution < 1.29 is 27.5 Å². The number of anilines is 1. The van der Waals surface area contributed by atoms with E-state index in [1.54, 1.807) is 29.2 Å². The van der Waals surface area contributed by atoms with Gasteiger partial charge in [0.1, 0.15) is 0 Å². The molecule has 2 aromatic rings. The third kappa shape index (κ3) is 5.11. The number of methoxy groups -OCH3 is 1. The van der Waals surface area contributed by atoms with E-state index >= 15 is 0 Å². The summed E-state index contributed by atoms with van der Waals surface area (Å²) in [5.41, 5.74) is 0.412. The molecule has 2 amide bonds. The van der Waals surface area contributed by atoms with E-state index in [4.69, 9.17) is 0 Å². The first kappa shape index (κ1) is 21.7. The van der Waals surface area contributed by atoms with Gasteiger partial charge < -0.3 is 9.64 Å². The quantitative estimate of drug-likeness (QED) is 0.647. The number of rotatable bonds is 4. The molecule has 1 heterocycles. The molecule has 0 radical (unpaired) electrons. The Morgan fingerprint density at radius 1 is 1.03 bits per heavy atom. The largest absolute Gasteiger partial charge is 0.465 e. The van der Waals surface area contributed by atoms with E-state index in [9.17, 15) is 22.8 Å². The number of benzene rings is 2. The summed E-state index contributed by atoms with van der Waals surface area (Å²) in [7, 11) is 1.28. The number of carbonyl (C=O) groups is 2. The van der Waals surface area contributed by atoms with Crippen molar-refractivity contribution in [3.63, 3.8) is 0 Å². The van der Waals surface area contributed by atoms with Crippen LogP contribution in [-0.2, 0) is 17.5 Å². The Hall–Kier alpha value is -3.03. The molecule has 1 aliphatic heterocycles. The van der Waals surface area contributed by atoms with Gasteiger partial charge >= 0.3 is 18.2 Å². The summed E-state index contributed by atoms with van der Waals surface area (Å²) in [6.45, 7) is 1.24. The molecule has 8 heteroatoms. The van der Waals surface area contributed by atoms with E-state index in [1.165, 1.54) is 24.1 Å². The molecule has 0 unspecified atom stereocenters. The molecule has 30 heavy (non-hydrogen) atoms. The lowest BCUT2D eigenvalue weighted by Gasteiger charge is -2.33. The van der Waals surface area contributed by atoms with E-state index in [0.717, 1.165) is 31.4 Å². The van der Waals surface area contributed by atoms with Gasteiger partial charge in [-0.05, 0) is 55.2 Å². The fraction of sp³-hybridized carbons (Fsp3) is 0.364. The zero-order valence-corrected chi connectivity index (χ0v) is 16.6. The van der Waals surface area contributed by atoms with E-state index in [2.05, 4.69) is 4.74 Å². The molecular weight excluding hydrogens is 397 g/mol. The number of likely N-dealkylation sites (tertiary alicyclic amines) is 1. The van der Waals surface area contributed by atoms with Crippen LogP contribution >= 0.6 is 0 Å². The zero-order valence-electron chi connectivity index (χ0n) is 16.6. The van der Waals surface area contributed by atoms with E-state index in [-0.39, 0.29) is 18.3 Å². The molecule has 5 nitrogen and oxygen atoms in total. The van der Waals surface area contributed by atoms with Crippen molar-refractivity contribution in [3.8, 4) is 0 Å². The van der Waals surface area contributed by atoms with Gasteiger partial charge in [-0.25, -0.2) is 9.59 Å². The molecule has 2 aromatic carbocycles. The van der Waals surface area contributed by atoms with Crippen molar-refractivity contribution in [1.82, 2.24) is 4.90 Å². The van der Waals surface area contributed by atoms with Gasteiger partial charge in [-0.1, -0.05) is 18.2 Å². The standard InChI is InChI=1S/C22H23F3N2O3/c1-30-20(28)17-10-8-16(9-11-17)15-27(21(29)26-12-3-2-4-13-26)19-7-5-6-18(14-19)22(23,24)25/h5-11,14H,2-4,12-13,15H2,1H3. The average Bonchev–Trinajstić information content (AvgIpc) is 2.77. The Labute approximate surface area is 173 Å². The van der Waals surface area contributed by atoms with Crippen LogP contribution in [0.4, 0.5) is 23.7 Å². The maximum absolute atomic E-state index is 13.2. The topological polar surface area (TPSA) is 49.9 Å². The lowest BCUT2D eigenvalue weighted by atomic mass is 10.1.